The Bertz CT molecular complexity index is 972. The van der Waals surface area contributed by atoms with Crippen molar-refractivity contribution < 1.29 is 47.8 Å². The van der Waals surface area contributed by atoms with E-state index in [1.165, 1.54) is 109 Å². The molecule has 0 spiro atoms. The molecule has 3 N–H and O–H groups in total. The number of rotatable bonds is 42. The van der Waals surface area contributed by atoms with Crippen molar-refractivity contribution in [1.29, 1.82) is 0 Å². The van der Waals surface area contributed by atoms with Crippen LogP contribution in [0.5, 0.6) is 0 Å². The molecule has 55 heavy (non-hydrogen) atoms. The quantitative estimate of drug-likeness (QED) is 0.0236. The molecule has 0 saturated carbocycles. The Balaban J connectivity index is 4.20. The van der Waals surface area contributed by atoms with E-state index < -0.39 is 51.8 Å². The van der Waals surface area contributed by atoms with Gasteiger partial charge in [0.1, 0.15) is 12.7 Å². The van der Waals surface area contributed by atoms with Gasteiger partial charge in [0.25, 0.3) is 0 Å². The predicted molar refractivity (Wildman–Crippen MR) is 224 cm³/mol. The number of phosphoric ester groups is 1. The molecule has 0 radical (unpaired) electrons. The highest BCUT2D eigenvalue weighted by molar-refractivity contribution is 7.47. The average Bonchev–Trinajstić information content (AvgIpc) is 3.17. The van der Waals surface area contributed by atoms with Gasteiger partial charge >= 0.3 is 19.8 Å². The second-order valence-electron chi connectivity index (χ2n) is 15.1. The highest BCUT2D eigenvalue weighted by atomic mass is 31.2. The smallest absolute Gasteiger partial charge is 0.462 e. The standard InChI is InChI=1S/C44H83O10P/c1-3-5-7-9-11-13-15-16-17-18-19-20-21-22-23-24-26-28-30-32-34-36-44(48)54-42(40-53-55(49,50)52-38-41(46)37-45)39-51-43(47)35-33-31-29-27-25-14-12-10-8-6-4-2/h10,12,18-19,41-42,45-46H,3-9,11,13-17,20-40H2,1-2H3,(H,49,50)/b12-10-,19-18-. The van der Waals surface area contributed by atoms with E-state index >= 15 is 0 Å². The van der Waals surface area contributed by atoms with Gasteiger partial charge in [0, 0.05) is 12.8 Å². The first-order valence-corrected chi connectivity index (χ1v) is 23.8. The van der Waals surface area contributed by atoms with E-state index in [-0.39, 0.29) is 19.4 Å². The van der Waals surface area contributed by atoms with Gasteiger partial charge in [-0.25, -0.2) is 4.57 Å². The number of unbranched alkanes of at least 4 members (excludes halogenated alkanes) is 24. The maximum Gasteiger partial charge on any atom is 0.472 e. The summed E-state index contributed by atoms with van der Waals surface area (Å²) in [5.41, 5.74) is 0. The molecule has 0 saturated heterocycles. The first-order valence-electron chi connectivity index (χ1n) is 22.3. The number of hydrogen-bond donors (Lipinski definition) is 3. The molecule has 10 nitrogen and oxygen atoms in total. The SMILES string of the molecule is CCCC/C=C\CCCCCCCC(=O)OCC(COP(=O)(O)OCC(O)CO)OC(=O)CCCCCCCCCCC/C=C\CCCCCCCCCC. The zero-order chi connectivity index (χ0) is 40.5. The van der Waals surface area contributed by atoms with Crippen LogP contribution in [0.2, 0.25) is 0 Å². The number of ether oxygens (including phenoxy) is 2. The van der Waals surface area contributed by atoms with Gasteiger partial charge in [-0.05, 0) is 57.8 Å². The molecule has 0 amide bonds. The first kappa shape index (κ1) is 53.5. The minimum absolute atomic E-state index is 0.182. The number of carbonyl (C=O) groups excluding carboxylic acids is 2. The molecule has 0 heterocycles. The Morgan fingerprint density at radius 3 is 1.36 bits per heavy atom. The summed E-state index contributed by atoms with van der Waals surface area (Å²) in [4.78, 5) is 34.9. The van der Waals surface area contributed by atoms with Crippen molar-refractivity contribution in [2.75, 3.05) is 26.4 Å². The van der Waals surface area contributed by atoms with E-state index in [1.807, 2.05) is 0 Å². The van der Waals surface area contributed by atoms with Crippen molar-refractivity contribution in [2.24, 2.45) is 0 Å². The lowest BCUT2D eigenvalue weighted by molar-refractivity contribution is -0.161. The molecule has 0 aliphatic heterocycles. The van der Waals surface area contributed by atoms with Gasteiger partial charge in [-0.15, -0.1) is 0 Å². The molecule has 0 fully saturated rings. The van der Waals surface area contributed by atoms with E-state index in [4.69, 9.17) is 19.1 Å². The predicted octanol–water partition coefficient (Wildman–Crippen LogP) is 11.8. The van der Waals surface area contributed by atoms with Crippen molar-refractivity contribution >= 4 is 19.8 Å². The van der Waals surface area contributed by atoms with E-state index in [0.717, 1.165) is 57.8 Å². The molecule has 3 atom stereocenters. The van der Waals surface area contributed by atoms with Crippen LogP contribution in [-0.2, 0) is 32.7 Å². The Morgan fingerprint density at radius 1 is 0.527 bits per heavy atom. The van der Waals surface area contributed by atoms with Gasteiger partial charge in [-0.1, -0.05) is 160 Å². The third-order valence-corrected chi connectivity index (χ3v) is 10.5. The van der Waals surface area contributed by atoms with Crippen molar-refractivity contribution in [2.45, 2.75) is 219 Å². The summed E-state index contributed by atoms with van der Waals surface area (Å²) in [6, 6.07) is 0. The first-order chi connectivity index (χ1) is 26.7. The Morgan fingerprint density at radius 2 is 0.909 bits per heavy atom. The summed E-state index contributed by atoms with van der Waals surface area (Å²) >= 11 is 0. The number of aliphatic hydroxyl groups excluding tert-OH is 2. The fraction of sp³-hybridized carbons (Fsp3) is 0.864. The van der Waals surface area contributed by atoms with E-state index in [0.29, 0.717) is 12.8 Å². The molecule has 0 aliphatic rings. The molecule has 0 aromatic heterocycles. The summed E-state index contributed by atoms with van der Waals surface area (Å²) in [5, 5.41) is 18.3. The lowest BCUT2D eigenvalue weighted by Gasteiger charge is -2.20. The van der Waals surface area contributed by atoms with Gasteiger partial charge in [0.15, 0.2) is 6.10 Å². The Labute approximate surface area is 336 Å². The number of aliphatic hydroxyl groups is 2. The minimum atomic E-state index is -4.61. The van der Waals surface area contributed by atoms with E-state index in [9.17, 15) is 24.2 Å². The van der Waals surface area contributed by atoms with Crippen LogP contribution >= 0.6 is 7.82 Å². The molecule has 3 unspecified atom stereocenters. The van der Waals surface area contributed by atoms with Crippen molar-refractivity contribution in [3.8, 4) is 0 Å². The Kier molecular flexibility index (Phi) is 39.5. The number of allylic oxidation sites excluding steroid dienone is 4. The monoisotopic (exact) mass is 803 g/mol. The molecular formula is C44H83O10P. The van der Waals surface area contributed by atoms with Crippen molar-refractivity contribution in [3.63, 3.8) is 0 Å². The lowest BCUT2D eigenvalue weighted by Crippen LogP contribution is -2.29. The van der Waals surface area contributed by atoms with Gasteiger partial charge in [0.05, 0.1) is 19.8 Å². The fourth-order valence-electron chi connectivity index (χ4n) is 6.09. The molecule has 11 heteroatoms. The Hall–Kier alpha value is -1.55. The van der Waals surface area contributed by atoms with Crippen LogP contribution < -0.4 is 0 Å². The normalized spacial score (nSPS) is 14.1. The third-order valence-electron chi connectivity index (χ3n) is 9.58. The largest absolute Gasteiger partial charge is 0.472 e. The number of carbonyl (C=O) groups is 2. The molecular weight excluding hydrogens is 719 g/mol. The molecule has 0 bridgehead atoms. The van der Waals surface area contributed by atoms with Crippen LogP contribution in [0.15, 0.2) is 24.3 Å². The average molecular weight is 803 g/mol. The maximum absolute atomic E-state index is 12.6. The summed E-state index contributed by atoms with van der Waals surface area (Å²) in [5.74, 6) is -0.934. The second kappa shape index (κ2) is 40.6. The number of esters is 2. The maximum atomic E-state index is 12.6. The zero-order valence-electron chi connectivity index (χ0n) is 35.2. The number of phosphoric acid groups is 1. The topological polar surface area (TPSA) is 149 Å². The van der Waals surface area contributed by atoms with Crippen LogP contribution in [0.25, 0.3) is 0 Å². The van der Waals surface area contributed by atoms with Crippen molar-refractivity contribution in [3.05, 3.63) is 24.3 Å². The fourth-order valence-corrected chi connectivity index (χ4v) is 6.88. The highest BCUT2D eigenvalue weighted by Crippen LogP contribution is 2.43. The van der Waals surface area contributed by atoms with E-state index in [2.05, 4.69) is 42.7 Å². The second-order valence-corrected chi connectivity index (χ2v) is 16.5. The summed E-state index contributed by atoms with van der Waals surface area (Å²) in [6.45, 7) is 2.34. The van der Waals surface area contributed by atoms with Crippen LogP contribution in [0.3, 0.4) is 0 Å². The molecule has 324 valence electrons. The highest BCUT2D eigenvalue weighted by Gasteiger charge is 2.27. The minimum Gasteiger partial charge on any atom is -0.462 e. The van der Waals surface area contributed by atoms with Gasteiger partial charge < -0.3 is 24.6 Å². The van der Waals surface area contributed by atoms with Gasteiger partial charge in [0.2, 0.25) is 0 Å². The van der Waals surface area contributed by atoms with Crippen LogP contribution in [0, 0.1) is 0 Å². The molecule has 0 aromatic carbocycles. The van der Waals surface area contributed by atoms with Crippen LogP contribution in [0.4, 0.5) is 0 Å². The summed E-state index contributed by atoms with van der Waals surface area (Å²) < 4.78 is 32.7. The lowest BCUT2D eigenvalue weighted by atomic mass is 10.1. The number of hydrogen-bond acceptors (Lipinski definition) is 9. The summed E-state index contributed by atoms with van der Waals surface area (Å²) in [6.07, 6.45) is 40.1. The molecule has 0 aliphatic carbocycles. The van der Waals surface area contributed by atoms with Gasteiger partial charge in [-0.3, -0.25) is 18.6 Å². The molecule has 0 rings (SSSR count). The third kappa shape index (κ3) is 40.4. The zero-order valence-corrected chi connectivity index (χ0v) is 36.0. The van der Waals surface area contributed by atoms with E-state index in [1.54, 1.807) is 0 Å². The van der Waals surface area contributed by atoms with Crippen molar-refractivity contribution in [1.82, 2.24) is 0 Å². The van der Waals surface area contributed by atoms with Crippen LogP contribution in [0.1, 0.15) is 206 Å². The molecule has 0 aromatic rings. The van der Waals surface area contributed by atoms with Gasteiger partial charge in [-0.2, -0.15) is 0 Å². The van der Waals surface area contributed by atoms with Crippen LogP contribution in [-0.4, -0.2) is 65.7 Å². The summed E-state index contributed by atoms with van der Waals surface area (Å²) in [7, 11) is -4.61.